The molecule has 0 spiro atoms. The van der Waals surface area contributed by atoms with Crippen LogP contribution in [0.15, 0.2) is 11.6 Å². The lowest BCUT2D eigenvalue weighted by atomic mass is 9.98. The lowest BCUT2D eigenvalue weighted by Gasteiger charge is -2.36. The second kappa shape index (κ2) is 5.31. The Hall–Kier alpha value is -1.40. The van der Waals surface area contributed by atoms with E-state index in [2.05, 4.69) is 6.08 Å². The van der Waals surface area contributed by atoms with E-state index in [1.54, 1.807) is 4.90 Å². The van der Waals surface area contributed by atoms with Crippen LogP contribution in [0.3, 0.4) is 0 Å². The van der Waals surface area contributed by atoms with Crippen molar-refractivity contribution in [3.05, 3.63) is 11.6 Å². The van der Waals surface area contributed by atoms with E-state index in [-0.39, 0.29) is 23.9 Å². The highest BCUT2D eigenvalue weighted by Crippen LogP contribution is 2.41. The van der Waals surface area contributed by atoms with Gasteiger partial charge in [-0.05, 0) is 40.2 Å². The molecule has 3 rings (SSSR count). The van der Waals surface area contributed by atoms with Crippen molar-refractivity contribution in [2.45, 2.75) is 64.6 Å². The maximum absolute atomic E-state index is 12.1. The summed E-state index contributed by atoms with van der Waals surface area (Å²) in [5.41, 5.74) is 0.657. The Morgan fingerprint density at radius 3 is 2.57 bits per heavy atom. The molecule has 1 amide bonds. The van der Waals surface area contributed by atoms with Gasteiger partial charge in [-0.3, -0.25) is 4.79 Å². The van der Waals surface area contributed by atoms with Crippen molar-refractivity contribution in [3.8, 4) is 0 Å². The van der Waals surface area contributed by atoms with Gasteiger partial charge in [0, 0.05) is 25.4 Å². The number of carbonyl (C=O) groups excluding carboxylic acids is 2. The molecule has 2 heterocycles. The molecular formula is C17H25NO5. The largest absolute Gasteiger partial charge is 0.444 e. The molecule has 3 aliphatic rings. The fourth-order valence-corrected chi connectivity index (χ4v) is 3.28. The third-order valence-electron chi connectivity index (χ3n) is 4.19. The molecule has 2 saturated heterocycles. The molecule has 128 valence electrons. The average molecular weight is 323 g/mol. The maximum Gasteiger partial charge on any atom is 0.410 e. The summed E-state index contributed by atoms with van der Waals surface area (Å²) < 4.78 is 16.9. The lowest BCUT2D eigenvalue weighted by molar-refractivity contribution is -0.161. The highest BCUT2D eigenvalue weighted by atomic mass is 16.8. The maximum atomic E-state index is 12.1. The molecule has 6 heteroatoms. The quantitative estimate of drug-likeness (QED) is 0.693. The molecule has 0 bridgehead atoms. The standard InChI is InChI=1S/C17H25NO5/c1-16(2,3)23-15(20)18-8-10(9-18)6-11-7-12(19)14-13(11)21-17(4,5)22-14/h6,11,13-14H,7-9H2,1-5H3/t11-,13+,14-/m0/s1. The molecule has 1 saturated carbocycles. The molecule has 0 aromatic rings. The van der Waals surface area contributed by atoms with Crippen LogP contribution in [0.4, 0.5) is 4.79 Å². The third kappa shape index (κ3) is 3.43. The van der Waals surface area contributed by atoms with Gasteiger partial charge < -0.3 is 19.1 Å². The summed E-state index contributed by atoms with van der Waals surface area (Å²) in [5.74, 6) is -0.569. The highest BCUT2D eigenvalue weighted by Gasteiger charge is 2.53. The second-order valence-corrected chi connectivity index (χ2v) is 8.02. The summed E-state index contributed by atoms with van der Waals surface area (Å²) in [6, 6.07) is 0. The van der Waals surface area contributed by atoms with Gasteiger partial charge in [-0.2, -0.15) is 0 Å². The van der Waals surface area contributed by atoms with Gasteiger partial charge >= 0.3 is 6.09 Å². The zero-order valence-electron chi connectivity index (χ0n) is 14.4. The first-order chi connectivity index (χ1) is 10.5. The van der Waals surface area contributed by atoms with Crippen LogP contribution in [0.5, 0.6) is 0 Å². The van der Waals surface area contributed by atoms with Crippen LogP contribution in [0, 0.1) is 5.92 Å². The Bertz CT molecular complexity index is 552. The van der Waals surface area contributed by atoms with Crippen LogP contribution in [-0.2, 0) is 19.0 Å². The van der Waals surface area contributed by atoms with Gasteiger partial charge in [0.05, 0.1) is 0 Å². The molecule has 1 aliphatic carbocycles. The van der Waals surface area contributed by atoms with Gasteiger partial charge in [-0.15, -0.1) is 0 Å². The van der Waals surface area contributed by atoms with Crippen molar-refractivity contribution in [2.75, 3.05) is 13.1 Å². The first-order valence-corrected chi connectivity index (χ1v) is 8.10. The number of rotatable bonds is 1. The van der Waals surface area contributed by atoms with Crippen molar-refractivity contribution < 1.29 is 23.8 Å². The number of fused-ring (bicyclic) bond motifs is 1. The molecule has 3 atom stereocenters. The first-order valence-electron chi connectivity index (χ1n) is 8.10. The topological polar surface area (TPSA) is 65.1 Å². The minimum absolute atomic E-state index is 0.0325. The number of nitrogens with zero attached hydrogens (tertiary/aromatic N) is 1. The fraction of sp³-hybridized carbons (Fsp3) is 0.765. The van der Waals surface area contributed by atoms with Crippen molar-refractivity contribution in [1.29, 1.82) is 0 Å². The summed E-state index contributed by atoms with van der Waals surface area (Å²) in [6.07, 6.45) is 1.57. The number of carbonyl (C=O) groups is 2. The second-order valence-electron chi connectivity index (χ2n) is 8.02. The lowest BCUT2D eigenvalue weighted by Crippen LogP contribution is -2.47. The predicted molar refractivity (Wildman–Crippen MR) is 82.8 cm³/mol. The van der Waals surface area contributed by atoms with Gasteiger partial charge in [0.15, 0.2) is 11.6 Å². The van der Waals surface area contributed by atoms with Gasteiger partial charge in [-0.25, -0.2) is 4.79 Å². The fourth-order valence-electron chi connectivity index (χ4n) is 3.28. The van der Waals surface area contributed by atoms with Gasteiger partial charge in [-0.1, -0.05) is 6.08 Å². The highest BCUT2D eigenvalue weighted by molar-refractivity contribution is 5.87. The van der Waals surface area contributed by atoms with E-state index in [0.717, 1.165) is 5.57 Å². The third-order valence-corrected chi connectivity index (χ3v) is 4.19. The molecule has 0 aromatic carbocycles. The summed E-state index contributed by atoms with van der Waals surface area (Å²) >= 11 is 0. The van der Waals surface area contributed by atoms with Gasteiger partial charge in [0.25, 0.3) is 0 Å². The number of likely N-dealkylation sites (tertiary alicyclic amines) is 1. The zero-order chi connectivity index (χ0) is 17.0. The number of Topliss-reactive ketones (excluding diaryl/α,β-unsaturated/α-hetero) is 1. The Morgan fingerprint density at radius 1 is 1.30 bits per heavy atom. The van der Waals surface area contributed by atoms with Crippen LogP contribution in [0.2, 0.25) is 0 Å². The summed E-state index contributed by atoms with van der Waals surface area (Å²) in [5, 5.41) is 0. The molecular weight excluding hydrogens is 298 g/mol. The number of ether oxygens (including phenoxy) is 3. The van der Waals surface area contributed by atoms with E-state index in [4.69, 9.17) is 14.2 Å². The van der Waals surface area contributed by atoms with E-state index in [1.165, 1.54) is 0 Å². The van der Waals surface area contributed by atoms with Crippen molar-refractivity contribution >= 4 is 11.9 Å². The molecule has 0 radical (unpaired) electrons. The zero-order valence-corrected chi connectivity index (χ0v) is 14.4. The first kappa shape index (κ1) is 16.5. The number of amides is 1. The van der Waals surface area contributed by atoms with Crippen molar-refractivity contribution in [3.63, 3.8) is 0 Å². The predicted octanol–water partition coefficient (Wildman–Crippen LogP) is 2.27. The van der Waals surface area contributed by atoms with E-state index in [9.17, 15) is 9.59 Å². The van der Waals surface area contributed by atoms with Crippen LogP contribution >= 0.6 is 0 Å². The minimum atomic E-state index is -0.704. The van der Waals surface area contributed by atoms with Crippen LogP contribution < -0.4 is 0 Å². The molecule has 23 heavy (non-hydrogen) atoms. The molecule has 0 N–H and O–H groups in total. The van der Waals surface area contributed by atoms with Gasteiger partial charge in [0.1, 0.15) is 17.8 Å². The normalized spacial score (nSPS) is 32.6. The number of ketones is 1. The Balaban J connectivity index is 1.58. The Kier molecular flexibility index (Phi) is 3.80. The Labute approximate surface area is 136 Å². The number of hydrogen-bond acceptors (Lipinski definition) is 5. The monoisotopic (exact) mass is 323 g/mol. The van der Waals surface area contributed by atoms with E-state index in [0.29, 0.717) is 19.5 Å². The van der Waals surface area contributed by atoms with E-state index in [1.807, 2.05) is 34.6 Å². The van der Waals surface area contributed by atoms with E-state index >= 15 is 0 Å². The smallest absolute Gasteiger partial charge is 0.410 e. The van der Waals surface area contributed by atoms with Crippen molar-refractivity contribution in [1.82, 2.24) is 4.90 Å². The van der Waals surface area contributed by atoms with Crippen LogP contribution in [0.25, 0.3) is 0 Å². The van der Waals surface area contributed by atoms with E-state index < -0.39 is 17.5 Å². The average Bonchev–Trinajstić information content (AvgIpc) is 2.77. The molecule has 2 aliphatic heterocycles. The minimum Gasteiger partial charge on any atom is -0.444 e. The Morgan fingerprint density at radius 2 is 1.96 bits per heavy atom. The van der Waals surface area contributed by atoms with Crippen molar-refractivity contribution in [2.24, 2.45) is 5.92 Å². The van der Waals surface area contributed by atoms with Gasteiger partial charge in [0.2, 0.25) is 0 Å². The molecule has 3 fully saturated rings. The molecule has 6 nitrogen and oxygen atoms in total. The summed E-state index contributed by atoms with van der Waals surface area (Å²) in [7, 11) is 0. The van der Waals surface area contributed by atoms with Crippen LogP contribution in [0.1, 0.15) is 41.0 Å². The molecule has 0 unspecified atom stereocenters. The molecule has 0 aromatic heterocycles. The number of hydrogen-bond donors (Lipinski definition) is 0. The SMILES string of the molecule is CC(C)(C)OC(=O)N1CC(=C[C@H]2CC(=O)[C@@H]3OC(C)(C)O[C@H]23)C1. The summed E-state index contributed by atoms with van der Waals surface area (Å²) in [4.78, 5) is 25.6. The van der Waals surface area contributed by atoms with Crippen LogP contribution in [-0.4, -0.2) is 53.5 Å². The summed E-state index contributed by atoms with van der Waals surface area (Å²) in [6.45, 7) is 10.3.